The first kappa shape index (κ1) is 14.9. The average molecular weight is 337 g/mol. The smallest absolute Gasteiger partial charge is 0.310 e. The van der Waals surface area contributed by atoms with Crippen molar-refractivity contribution in [1.82, 2.24) is 0 Å². The van der Waals surface area contributed by atoms with Gasteiger partial charge in [-0.2, -0.15) is 0 Å². The van der Waals surface area contributed by atoms with Gasteiger partial charge < -0.3 is 10.0 Å². The molecule has 1 aliphatic rings. The molecule has 5 heteroatoms. The van der Waals surface area contributed by atoms with Gasteiger partial charge in [0.25, 0.3) is 5.91 Å². The van der Waals surface area contributed by atoms with Crippen LogP contribution in [-0.4, -0.2) is 17.0 Å². The Labute approximate surface area is 143 Å². The van der Waals surface area contributed by atoms with Gasteiger partial charge in [0.2, 0.25) is 0 Å². The van der Waals surface area contributed by atoms with Crippen LogP contribution in [0.25, 0.3) is 10.1 Å². The van der Waals surface area contributed by atoms with Gasteiger partial charge >= 0.3 is 5.97 Å². The van der Waals surface area contributed by atoms with Gasteiger partial charge in [-0.3, -0.25) is 9.59 Å². The molecule has 4 nitrogen and oxygen atoms in total. The van der Waals surface area contributed by atoms with Gasteiger partial charge in [0.05, 0.1) is 12.5 Å². The molecule has 0 fully saturated rings. The first-order valence-corrected chi connectivity index (χ1v) is 8.57. The predicted octanol–water partition coefficient (Wildman–Crippen LogP) is 4.25. The molecule has 0 aliphatic carbocycles. The van der Waals surface area contributed by atoms with Crippen molar-refractivity contribution in [3.8, 4) is 0 Å². The summed E-state index contributed by atoms with van der Waals surface area (Å²) in [4.78, 5) is 25.5. The third-order valence-corrected chi connectivity index (χ3v) is 5.44. The Bertz CT molecular complexity index is 958. The number of thiophene rings is 1. The molecule has 0 saturated heterocycles. The number of carbonyl (C=O) groups excluding carboxylic acids is 1. The summed E-state index contributed by atoms with van der Waals surface area (Å²) in [5, 5.41) is 12.3. The minimum atomic E-state index is -0.854. The number of carboxylic acids is 1. The number of aliphatic carboxylic acids is 1. The molecular formula is C19H15NO3S. The molecule has 24 heavy (non-hydrogen) atoms. The van der Waals surface area contributed by atoms with Crippen LogP contribution in [0.2, 0.25) is 0 Å². The van der Waals surface area contributed by atoms with Crippen LogP contribution >= 0.6 is 11.3 Å². The number of carbonyl (C=O) groups is 2. The van der Waals surface area contributed by atoms with E-state index in [-0.39, 0.29) is 5.91 Å². The van der Waals surface area contributed by atoms with Crippen LogP contribution in [0.15, 0.2) is 47.8 Å². The topological polar surface area (TPSA) is 57.6 Å². The highest BCUT2D eigenvalue weighted by molar-refractivity contribution is 7.17. The second kappa shape index (κ2) is 5.46. The Hall–Kier alpha value is -2.66. The average Bonchev–Trinajstić information content (AvgIpc) is 3.16. The Morgan fingerprint density at radius 3 is 2.67 bits per heavy atom. The molecule has 0 bridgehead atoms. The van der Waals surface area contributed by atoms with E-state index in [2.05, 4.69) is 12.1 Å². The van der Waals surface area contributed by atoms with Crippen molar-refractivity contribution in [2.24, 2.45) is 0 Å². The van der Waals surface area contributed by atoms with E-state index in [4.69, 9.17) is 5.11 Å². The molecule has 2 heterocycles. The molecule has 1 atom stereocenters. The Kier molecular flexibility index (Phi) is 3.39. The summed E-state index contributed by atoms with van der Waals surface area (Å²) in [7, 11) is 0. The normalized spacial score (nSPS) is 14.9. The van der Waals surface area contributed by atoms with Gasteiger partial charge in [-0.25, -0.2) is 0 Å². The van der Waals surface area contributed by atoms with Crippen molar-refractivity contribution in [3.63, 3.8) is 0 Å². The van der Waals surface area contributed by atoms with E-state index in [1.165, 1.54) is 5.39 Å². The quantitative estimate of drug-likeness (QED) is 0.777. The number of amides is 1. The molecule has 1 unspecified atom stereocenters. The summed E-state index contributed by atoms with van der Waals surface area (Å²) >= 11 is 1.63. The van der Waals surface area contributed by atoms with Gasteiger partial charge in [-0.1, -0.05) is 12.1 Å². The molecule has 120 valence electrons. The zero-order chi connectivity index (χ0) is 16.8. The second-order valence-electron chi connectivity index (χ2n) is 6.01. The number of hydrogen-bond acceptors (Lipinski definition) is 3. The molecular weight excluding hydrogens is 322 g/mol. The molecule has 1 amide bonds. The first-order valence-electron chi connectivity index (χ1n) is 7.69. The monoisotopic (exact) mass is 337 g/mol. The van der Waals surface area contributed by atoms with Crippen LogP contribution < -0.4 is 4.90 Å². The summed E-state index contributed by atoms with van der Waals surface area (Å²) in [6.07, 6.45) is 0. The number of carboxylic acid groups (broad SMARTS) is 1. The molecule has 1 aliphatic heterocycles. The minimum Gasteiger partial charge on any atom is -0.481 e. The fraction of sp³-hybridized carbons (Fsp3) is 0.158. The van der Waals surface area contributed by atoms with E-state index in [0.717, 1.165) is 27.1 Å². The molecule has 1 N–H and O–H groups in total. The van der Waals surface area contributed by atoms with Gasteiger partial charge in [-0.05, 0) is 59.1 Å². The lowest BCUT2D eigenvalue weighted by atomic mass is 10.0. The standard InChI is InChI=1S/C19H15NO3S/c1-11(19(22)23)12-2-4-15(5-3-12)20-10-14-8-13-6-7-24-17(13)9-16(14)18(20)21/h2-9,11H,10H2,1H3,(H,22,23). The molecule has 2 aromatic carbocycles. The highest BCUT2D eigenvalue weighted by Crippen LogP contribution is 2.33. The van der Waals surface area contributed by atoms with Crippen LogP contribution in [0, 0.1) is 0 Å². The van der Waals surface area contributed by atoms with Crippen LogP contribution in [0.3, 0.4) is 0 Å². The fourth-order valence-corrected chi connectivity index (χ4v) is 3.88. The number of anilines is 1. The highest BCUT2D eigenvalue weighted by Gasteiger charge is 2.29. The third kappa shape index (κ3) is 2.29. The van der Waals surface area contributed by atoms with E-state index < -0.39 is 11.9 Å². The Morgan fingerprint density at radius 1 is 1.21 bits per heavy atom. The van der Waals surface area contributed by atoms with Crippen molar-refractivity contribution in [1.29, 1.82) is 0 Å². The number of rotatable bonds is 3. The van der Waals surface area contributed by atoms with E-state index >= 15 is 0 Å². The zero-order valence-electron chi connectivity index (χ0n) is 13.0. The Morgan fingerprint density at radius 2 is 1.96 bits per heavy atom. The zero-order valence-corrected chi connectivity index (χ0v) is 13.8. The van der Waals surface area contributed by atoms with Crippen molar-refractivity contribution in [2.45, 2.75) is 19.4 Å². The van der Waals surface area contributed by atoms with Gasteiger partial charge in [0.15, 0.2) is 0 Å². The summed E-state index contributed by atoms with van der Waals surface area (Å²) < 4.78 is 1.12. The second-order valence-corrected chi connectivity index (χ2v) is 6.96. The van der Waals surface area contributed by atoms with E-state index in [1.54, 1.807) is 35.3 Å². The maximum atomic E-state index is 12.7. The SMILES string of the molecule is CC(C(=O)O)c1ccc(N2Cc3cc4ccsc4cc3C2=O)cc1. The van der Waals surface area contributed by atoms with Crippen molar-refractivity contribution < 1.29 is 14.7 Å². The largest absolute Gasteiger partial charge is 0.481 e. The number of hydrogen-bond donors (Lipinski definition) is 1. The molecule has 1 aromatic heterocycles. The highest BCUT2D eigenvalue weighted by atomic mass is 32.1. The number of fused-ring (bicyclic) bond motifs is 2. The predicted molar refractivity (Wildman–Crippen MR) is 94.8 cm³/mol. The Balaban J connectivity index is 1.65. The molecule has 0 saturated carbocycles. The number of benzene rings is 2. The van der Waals surface area contributed by atoms with Gasteiger partial charge in [0, 0.05) is 16.0 Å². The lowest BCUT2D eigenvalue weighted by Gasteiger charge is -2.16. The van der Waals surface area contributed by atoms with Crippen LogP contribution in [0.5, 0.6) is 0 Å². The summed E-state index contributed by atoms with van der Waals surface area (Å²) in [5.41, 5.74) is 3.32. The van der Waals surface area contributed by atoms with Crippen LogP contribution in [-0.2, 0) is 11.3 Å². The van der Waals surface area contributed by atoms with Crippen LogP contribution in [0.1, 0.15) is 34.3 Å². The summed E-state index contributed by atoms with van der Waals surface area (Å²) in [5.74, 6) is -1.41. The third-order valence-electron chi connectivity index (χ3n) is 4.56. The van der Waals surface area contributed by atoms with E-state index in [0.29, 0.717) is 6.54 Å². The fourth-order valence-electron chi connectivity index (χ4n) is 3.07. The van der Waals surface area contributed by atoms with Crippen LogP contribution in [0.4, 0.5) is 5.69 Å². The minimum absolute atomic E-state index is 0.000618. The molecule has 0 spiro atoms. The van der Waals surface area contributed by atoms with Gasteiger partial charge in [-0.15, -0.1) is 11.3 Å². The molecule has 4 rings (SSSR count). The van der Waals surface area contributed by atoms with E-state index in [9.17, 15) is 9.59 Å². The maximum Gasteiger partial charge on any atom is 0.310 e. The lowest BCUT2D eigenvalue weighted by Crippen LogP contribution is -2.23. The lowest BCUT2D eigenvalue weighted by molar-refractivity contribution is -0.138. The van der Waals surface area contributed by atoms with Crippen molar-refractivity contribution in [2.75, 3.05) is 4.90 Å². The summed E-state index contributed by atoms with van der Waals surface area (Å²) in [6, 6.07) is 13.3. The van der Waals surface area contributed by atoms with Gasteiger partial charge in [0.1, 0.15) is 0 Å². The van der Waals surface area contributed by atoms with Crippen molar-refractivity contribution in [3.05, 3.63) is 64.5 Å². The first-order chi connectivity index (χ1) is 11.5. The van der Waals surface area contributed by atoms with E-state index in [1.807, 2.05) is 23.6 Å². The molecule has 3 aromatic rings. The maximum absolute atomic E-state index is 12.7. The summed E-state index contributed by atoms with van der Waals surface area (Å²) in [6.45, 7) is 2.20. The molecule has 0 radical (unpaired) electrons. The number of nitrogens with zero attached hydrogens (tertiary/aromatic N) is 1. The van der Waals surface area contributed by atoms with Crippen molar-refractivity contribution >= 4 is 39.0 Å².